The summed E-state index contributed by atoms with van der Waals surface area (Å²) in [5.74, 6) is 0.185. The van der Waals surface area contributed by atoms with Gasteiger partial charge < -0.3 is 10.2 Å². The van der Waals surface area contributed by atoms with Crippen LogP contribution in [0.4, 0.5) is 5.69 Å². The third kappa shape index (κ3) is 2.26. The average Bonchev–Trinajstić information content (AvgIpc) is 3.15. The Hall–Kier alpha value is -1.98. The molecule has 0 saturated carbocycles. The number of benzene rings is 1. The molecule has 3 heterocycles. The van der Waals surface area contributed by atoms with Crippen LogP contribution < -0.4 is 10.2 Å². The van der Waals surface area contributed by atoms with Crippen LogP contribution in [0.15, 0.2) is 24.3 Å². The Morgan fingerprint density at radius 3 is 2.95 bits per heavy atom. The van der Waals surface area contributed by atoms with E-state index in [0.29, 0.717) is 6.42 Å². The highest BCUT2D eigenvalue weighted by atomic mass is 35.5. The quantitative estimate of drug-likeness (QED) is 0.865. The molecular weight excluding hydrogens is 300 g/mol. The lowest BCUT2D eigenvalue weighted by atomic mass is 10.0. The first-order chi connectivity index (χ1) is 10.7. The highest BCUT2D eigenvalue weighted by Gasteiger charge is 2.23. The zero-order valence-electron chi connectivity index (χ0n) is 12.0. The second-order valence-electron chi connectivity index (χ2n) is 5.57. The Bertz CT molecular complexity index is 762. The molecule has 2 aromatic rings. The van der Waals surface area contributed by atoms with Crippen molar-refractivity contribution in [1.82, 2.24) is 15.3 Å². The highest BCUT2D eigenvalue weighted by Crippen LogP contribution is 2.31. The number of carbonyl (C=O) groups excluding carboxylic acids is 1. The fourth-order valence-electron chi connectivity index (χ4n) is 3.12. The van der Waals surface area contributed by atoms with Gasteiger partial charge in [-0.15, -0.1) is 0 Å². The molecule has 6 heteroatoms. The number of hydrogen-bond donors (Lipinski definition) is 1. The second kappa shape index (κ2) is 5.34. The van der Waals surface area contributed by atoms with Crippen molar-refractivity contribution in [2.75, 3.05) is 11.4 Å². The Labute approximate surface area is 133 Å². The molecule has 1 aromatic carbocycles. The smallest absolute Gasteiger partial charge is 0.227 e. The van der Waals surface area contributed by atoms with Crippen LogP contribution in [-0.2, 0) is 17.9 Å². The molecule has 1 N–H and O–H groups in total. The minimum atomic E-state index is 0.185. The van der Waals surface area contributed by atoms with E-state index in [-0.39, 0.29) is 11.2 Å². The number of nitrogens with zero attached hydrogens (tertiary/aromatic N) is 3. The summed E-state index contributed by atoms with van der Waals surface area (Å²) >= 11 is 6.05. The molecule has 22 heavy (non-hydrogen) atoms. The van der Waals surface area contributed by atoms with Crippen LogP contribution in [0.3, 0.4) is 0 Å². The molecule has 0 unspecified atom stereocenters. The summed E-state index contributed by atoms with van der Waals surface area (Å²) in [5.41, 5.74) is 4.80. The molecule has 4 rings (SSSR count). The largest absolute Gasteiger partial charge is 0.312 e. The molecule has 0 spiro atoms. The maximum Gasteiger partial charge on any atom is 0.227 e. The van der Waals surface area contributed by atoms with E-state index < -0.39 is 0 Å². The maximum atomic E-state index is 11.9. The van der Waals surface area contributed by atoms with Gasteiger partial charge in [-0.05, 0) is 30.2 Å². The SMILES string of the molecule is O=C1CCCN1c1cccc(-c2nc(Cl)nc3c2CNC3)c1. The zero-order valence-corrected chi connectivity index (χ0v) is 12.7. The topological polar surface area (TPSA) is 58.1 Å². The molecule has 0 radical (unpaired) electrons. The lowest BCUT2D eigenvalue weighted by Gasteiger charge is -2.17. The molecule has 1 saturated heterocycles. The molecule has 2 aliphatic heterocycles. The van der Waals surface area contributed by atoms with Gasteiger partial charge in [0.25, 0.3) is 0 Å². The van der Waals surface area contributed by atoms with Crippen molar-refractivity contribution in [1.29, 1.82) is 0 Å². The monoisotopic (exact) mass is 314 g/mol. The van der Waals surface area contributed by atoms with Gasteiger partial charge in [-0.2, -0.15) is 0 Å². The molecule has 0 atom stereocenters. The van der Waals surface area contributed by atoms with Crippen LogP contribution in [0.2, 0.25) is 5.28 Å². The lowest BCUT2D eigenvalue weighted by molar-refractivity contribution is -0.117. The number of fused-ring (bicyclic) bond motifs is 1. The van der Waals surface area contributed by atoms with E-state index in [9.17, 15) is 4.79 Å². The normalized spacial score (nSPS) is 17.1. The number of hydrogen-bond acceptors (Lipinski definition) is 4. The van der Waals surface area contributed by atoms with Crippen molar-refractivity contribution in [3.8, 4) is 11.3 Å². The van der Waals surface area contributed by atoms with Crippen LogP contribution in [-0.4, -0.2) is 22.4 Å². The number of halogens is 1. The van der Waals surface area contributed by atoms with Crippen molar-refractivity contribution in [2.24, 2.45) is 0 Å². The summed E-state index contributed by atoms with van der Waals surface area (Å²) in [7, 11) is 0. The van der Waals surface area contributed by atoms with Crippen LogP contribution in [0, 0.1) is 0 Å². The predicted molar refractivity (Wildman–Crippen MR) is 84.6 cm³/mol. The standard InChI is InChI=1S/C16H15ClN4O/c17-16-19-13-9-18-8-12(13)15(20-16)10-3-1-4-11(7-10)21-6-2-5-14(21)22/h1,3-4,7,18H,2,5-6,8-9H2. The molecule has 1 fully saturated rings. The number of anilines is 1. The molecule has 112 valence electrons. The van der Waals surface area contributed by atoms with Crippen molar-refractivity contribution in [3.05, 3.63) is 40.8 Å². The van der Waals surface area contributed by atoms with Gasteiger partial charge in [0, 0.05) is 42.9 Å². The van der Waals surface area contributed by atoms with E-state index in [2.05, 4.69) is 15.3 Å². The van der Waals surface area contributed by atoms with Crippen LogP contribution in [0.5, 0.6) is 0 Å². The minimum Gasteiger partial charge on any atom is -0.312 e. The first-order valence-corrected chi connectivity index (χ1v) is 7.77. The van der Waals surface area contributed by atoms with Gasteiger partial charge in [-0.25, -0.2) is 9.97 Å². The third-order valence-corrected chi connectivity index (χ3v) is 4.33. The van der Waals surface area contributed by atoms with Crippen molar-refractivity contribution in [2.45, 2.75) is 25.9 Å². The third-order valence-electron chi connectivity index (χ3n) is 4.16. The van der Waals surface area contributed by atoms with Crippen molar-refractivity contribution in [3.63, 3.8) is 0 Å². The van der Waals surface area contributed by atoms with Gasteiger partial charge in [0.05, 0.1) is 11.4 Å². The van der Waals surface area contributed by atoms with Gasteiger partial charge in [0.15, 0.2) is 0 Å². The number of nitrogens with one attached hydrogen (secondary N) is 1. The number of amides is 1. The van der Waals surface area contributed by atoms with Gasteiger partial charge in [-0.1, -0.05) is 12.1 Å². The second-order valence-corrected chi connectivity index (χ2v) is 5.91. The number of carbonyl (C=O) groups is 1. The summed E-state index contributed by atoms with van der Waals surface area (Å²) < 4.78 is 0. The zero-order chi connectivity index (χ0) is 15.1. The number of rotatable bonds is 2. The summed E-state index contributed by atoms with van der Waals surface area (Å²) in [6, 6.07) is 7.94. The molecule has 0 bridgehead atoms. The summed E-state index contributed by atoms with van der Waals surface area (Å²) in [6.45, 7) is 2.25. The predicted octanol–water partition coefficient (Wildman–Crippen LogP) is 2.53. The Kier molecular flexibility index (Phi) is 3.32. The molecule has 0 aliphatic carbocycles. The summed E-state index contributed by atoms with van der Waals surface area (Å²) in [6.07, 6.45) is 1.55. The molecule has 2 aliphatic rings. The van der Waals surface area contributed by atoms with Gasteiger partial charge in [0.2, 0.25) is 11.2 Å². The van der Waals surface area contributed by atoms with Crippen LogP contribution in [0.1, 0.15) is 24.1 Å². The van der Waals surface area contributed by atoms with E-state index in [1.807, 2.05) is 29.2 Å². The van der Waals surface area contributed by atoms with Crippen LogP contribution >= 0.6 is 11.6 Å². The Balaban J connectivity index is 1.79. The molecule has 1 amide bonds. The van der Waals surface area contributed by atoms with E-state index >= 15 is 0 Å². The average molecular weight is 315 g/mol. The summed E-state index contributed by atoms with van der Waals surface area (Å²) in [5, 5.41) is 3.54. The molecular formula is C16H15ClN4O. The van der Waals surface area contributed by atoms with Gasteiger partial charge in [-0.3, -0.25) is 4.79 Å². The first kappa shape index (κ1) is 13.7. The van der Waals surface area contributed by atoms with Gasteiger partial charge >= 0.3 is 0 Å². The van der Waals surface area contributed by atoms with Crippen LogP contribution in [0.25, 0.3) is 11.3 Å². The first-order valence-electron chi connectivity index (χ1n) is 7.39. The number of aromatic nitrogens is 2. The maximum absolute atomic E-state index is 11.9. The highest BCUT2D eigenvalue weighted by molar-refractivity contribution is 6.28. The van der Waals surface area contributed by atoms with E-state index in [1.54, 1.807) is 0 Å². The van der Waals surface area contributed by atoms with E-state index in [1.165, 1.54) is 0 Å². The fourth-order valence-corrected chi connectivity index (χ4v) is 3.31. The van der Waals surface area contributed by atoms with Gasteiger partial charge in [0.1, 0.15) is 0 Å². The molecule has 5 nitrogen and oxygen atoms in total. The Morgan fingerprint density at radius 2 is 2.14 bits per heavy atom. The fraction of sp³-hybridized carbons (Fsp3) is 0.312. The van der Waals surface area contributed by atoms with E-state index in [4.69, 9.17) is 11.6 Å². The lowest BCUT2D eigenvalue weighted by Crippen LogP contribution is -2.23. The minimum absolute atomic E-state index is 0.185. The Morgan fingerprint density at radius 1 is 1.23 bits per heavy atom. The van der Waals surface area contributed by atoms with E-state index in [0.717, 1.165) is 54.3 Å². The van der Waals surface area contributed by atoms with Crippen molar-refractivity contribution < 1.29 is 4.79 Å². The van der Waals surface area contributed by atoms with Crippen molar-refractivity contribution >= 4 is 23.2 Å². The molecule has 1 aromatic heterocycles. The summed E-state index contributed by atoms with van der Waals surface area (Å²) in [4.78, 5) is 22.5.